The minimum absolute atomic E-state index is 0.144. The molecule has 1 saturated heterocycles. The molecule has 53 heavy (non-hydrogen) atoms. The number of hydrogen-bond donors (Lipinski definition) is 0. The van der Waals surface area contributed by atoms with Crippen molar-refractivity contribution in [1.29, 1.82) is 0 Å². The quantitative estimate of drug-likeness (QED) is 0.113. The molecule has 4 atom stereocenters. The number of para-hydroxylation sites is 1. The monoisotopic (exact) mass is 779 g/mol. The van der Waals surface area contributed by atoms with Crippen LogP contribution in [0.3, 0.4) is 0 Å². The smallest absolute Gasteiger partial charge is 0.417 e. The number of halogens is 5. The third-order valence-corrected chi connectivity index (χ3v) is 10.2. The number of benzene rings is 5. The third kappa shape index (κ3) is 7.58. The molecule has 2 aliphatic rings. The van der Waals surface area contributed by atoms with Crippen LogP contribution >= 0.6 is 35.0 Å². The van der Waals surface area contributed by atoms with Gasteiger partial charge in [-0.2, -0.15) is 13.2 Å². The van der Waals surface area contributed by atoms with Crippen molar-refractivity contribution in [2.75, 3.05) is 11.5 Å². The molecular formula is C39H26Cl2F3NO7S. The molecule has 0 spiro atoms. The summed E-state index contributed by atoms with van der Waals surface area (Å²) in [6.07, 6.45) is -10.3. The maximum Gasteiger partial charge on any atom is 0.417 e. The molecule has 8 nitrogen and oxygen atoms in total. The van der Waals surface area contributed by atoms with Gasteiger partial charge in [0.15, 0.2) is 18.4 Å². The summed E-state index contributed by atoms with van der Waals surface area (Å²) in [5.41, 5.74) is -0.0361. The molecule has 0 unspecified atom stereocenters. The minimum atomic E-state index is -4.77. The van der Waals surface area contributed by atoms with Crippen LogP contribution in [0.15, 0.2) is 131 Å². The van der Waals surface area contributed by atoms with Crippen LogP contribution in [-0.4, -0.2) is 49.1 Å². The second-order valence-corrected chi connectivity index (χ2v) is 13.8. The van der Waals surface area contributed by atoms with Crippen LogP contribution in [0.5, 0.6) is 0 Å². The van der Waals surface area contributed by atoms with E-state index in [9.17, 15) is 27.6 Å². The van der Waals surface area contributed by atoms with Gasteiger partial charge < -0.3 is 23.8 Å². The van der Waals surface area contributed by atoms with Gasteiger partial charge in [-0.25, -0.2) is 14.4 Å². The van der Waals surface area contributed by atoms with Crippen LogP contribution in [-0.2, 0) is 25.1 Å². The van der Waals surface area contributed by atoms with Crippen LogP contribution in [0.1, 0.15) is 36.6 Å². The number of anilines is 2. The predicted octanol–water partition coefficient (Wildman–Crippen LogP) is 9.65. The average Bonchev–Trinajstić information content (AvgIpc) is 3.48. The van der Waals surface area contributed by atoms with Gasteiger partial charge in [0.25, 0.3) is 0 Å². The van der Waals surface area contributed by atoms with Gasteiger partial charge in [0.1, 0.15) is 12.7 Å². The van der Waals surface area contributed by atoms with E-state index in [0.717, 1.165) is 23.9 Å². The molecule has 0 amide bonds. The maximum absolute atomic E-state index is 14.1. The molecule has 2 heterocycles. The highest BCUT2D eigenvalue weighted by Gasteiger charge is 2.54. The van der Waals surface area contributed by atoms with Crippen molar-refractivity contribution in [3.8, 4) is 0 Å². The van der Waals surface area contributed by atoms with Crippen LogP contribution < -0.4 is 4.90 Å². The van der Waals surface area contributed by atoms with Gasteiger partial charge in [-0.05, 0) is 60.7 Å². The number of alkyl halides is 3. The normalized spacial score (nSPS) is 19.2. The number of ether oxygens (including phenoxy) is 4. The fourth-order valence-corrected chi connectivity index (χ4v) is 7.72. The SMILES string of the molecule is O=C(OC[C@H]1O[C@@H](N2c3cc(Cl)c(C(F)(F)F)cc3Sc3cccc(Cl)c32)[C@H](OC(=O)c2ccccc2)[C@@H]1OC(=O)c1ccccc1)c1ccccc1. The Morgan fingerprint density at radius 3 is 1.79 bits per heavy atom. The van der Waals surface area contributed by atoms with E-state index in [1.165, 1.54) is 29.2 Å². The lowest BCUT2D eigenvalue weighted by Crippen LogP contribution is -2.47. The lowest BCUT2D eigenvalue weighted by atomic mass is 10.1. The van der Waals surface area contributed by atoms with Crippen LogP contribution in [0.25, 0.3) is 0 Å². The second kappa shape index (κ2) is 15.2. The molecule has 0 aromatic heterocycles. The van der Waals surface area contributed by atoms with Crippen molar-refractivity contribution < 1.29 is 46.5 Å². The zero-order valence-electron chi connectivity index (χ0n) is 27.2. The highest BCUT2D eigenvalue weighted by Crippen LogP contribution is 2.55. The molecule has 14 heteroatoms. The number of rotatable bonds is 8. The van der Waals surface area contributed by atoms with E-state index in [4.69, 9.17) is 42.1 Å². The topological polar surface area (TPSA) is 91.4 Å². The zero-order valence-corrected chi connectivity index (χ0v) is 29.5. The number of hydrogen-bond acceptors (Lipinski definition) is 9. The van der Waals surface area contributed by atoms with Crippen LogP contribution in [0.2, 0.25) is 10.0 Å². The van der Waals surface area contributed by atoms with Crippen molar-refractivity contribution in [1.82, 2.24) is 0 Å². The summed E-state index contributed by atoms with van der Waals surface area (Å²) in [6.45, 7) is -0.477. The van der Waals surface area contributed by atoms with Crippen LogP contribution in [0, 0.1) is 0 Å². The molecule has 1 fully saturated rings. The summed E-state index contributed by atoms with van der Waals surface area (Å²) in [7, 11) is 0. The molecule has 5 aromatic rings. The zero-order chi connectivity index (χ0) is 37.3. The van der Waals surface area contributed by atoms with Gasteiger partial charge in [-0.15, -0.1) is 0 Å². The Hall–Kier alpha value is -5.01. The summed E-state index contributed by atoms with van der Waals surface area (Å²) in [6, 6.07) is 31.1. The largest absolute Gasteiger partial charge is 0.459 e. The number of esters is 3. The molecule has 0 N–H and O–H groups in total. The van der Waals surface area contributed by atoms with Crippen molar-refractivity contribution in [3.05, 3.63) is 154 Å². The first kappa shape index (κ1) is 36.4. The first-order valence-corrected chi connectivity index (χ1v) is 17.6. The van der Waals surface area contributed by atoms with Gasteiger partial charge in [0.05, 0.1) is 43.7 Å². The molecule has 0 saturated carbocycles. The molecule has 0 bridgehead atoms. The van der Waals surface area contributed by atoms with E-state index in [1.807, 2.05) is 0 Å². The van der Waals surface area contributed by atoms with Gasteiger partial charge >= 0.3 is 24.1 Å². The lowest BCUT2D eigenvalue weighted by molar-refractivity contribution is -0.137. The summed E-state index contributed by atoms with van der Waals surface area (Å²) in [4.78, 5) is 42.5. The first-order valence-electron chi connectivity index (χ1n) is 16.1. The van der Waals surface area contributed by atoms with E-state index >= 15 is 0 Å². The Morgan fingerprint density at radius 2 is 1.23 bits per heavy atom. The second-order valence-electron chi connectivity index (χ2n) is 11.9. The molecule has 0 aliphatic carbocycles. The van der Waals surface area contributed by atoms with Crippen molar-refractivity contribution in [3.63, 3.8) is 0 Å². The van der Waals surface area contributed by atoms with E-state index in [2.05, 4.69) is 0 Å². The van der Waals surface area contributed by atoms with E-state index < -0.39 is 65.8 Å². The summed E-state index contributed by atoms with van der Waals surface area (Å²) in [5, 5.41) is -0.418. The van der Waals surface area contributed by atoms with Crippen molar-refractivity contribution in [2.45, 2.75) is 40.5 Å². The predicted molar refractivity (Wildman–Crippen MR) is 191 cm³/mol. The van der Waals surface area contributed by atoms with Gasteiger partial charge in [-0.1, -0.05) is 95.6 Å². The molecule has 270 valence electrons. The summed E-state index contributed by atoms with van der Waals surface area (Å²) >= 11 is 14.1. The molecular weight excluding hydrogens is 754 g/mol. The Labute approximate surface area is 315 Å². The highest BCUT2D eigenvalue weighted by atomic mass is 35.5. The minimum Gasteiger partial charge on any atom is -0.459 e. The van der Waals surface area contributed by atoms with Gasteiger partial charge in [0.2, 0.25) is 0 Å². The summed E-state index contributed by atoms with van der Waals surface area (Å²) < 4.78 is 66.6. The Kier molecular flexibility index (Phi) is 10.4. The van der Waals surface area contributed by atoms with Gasteiger partial charge in [0, 0.05) is 9.79 Å². The fourth-order valence-electron chi connectivity index (χ4n) is 6.01. The third-order valence-electron chi connectivity index (χ3n) is 8.46. The van der Waals surface area contributed by atoms with E-state index in [-0.39, 0.29) is 32.3 Å². The maximum atomic E-state index is 14.1. The average molecular weight is 781 g/mol. The molecule has 2 aliphatic heterocycles. The van der Waals surface area contributed by atoms with Crippen molar-refractivity contribution >= 4 is 64.2 Å². The number of carbonyl (C=O) groups excluding carboxylic acids is 3. The molecule has 5 aromatic carbocycles. The van der Waals surface area contributed by atoms with Gasteiger partial charge in [-0.3, -0.25) is 0 Å². The number of nitrogens with zero attached hydrogens (tertiary/aromatic N) is 1. The lowest BCUT2D eigenvalue weighted by Gasteiger charge is -2.39. The standard InChI is InChI=1S/C39H26Cl2F3NO7S/c40-26-17-10-18-30-32(26)45(28-20-27(41)25(39(42,43)44)19-31(28)53-30)35-34(52-38(48)24-15-8-3-9-16-24)33(51-37(47)23-13-6-2-7-14-23)29(50-35)21-49-36(46)22-11-4-1-5-12-22/h1-20,29,33-35H,21H2/t29-,33-,34-,35-/m1/s1. The number of fused-ring (bicyclic) bond motifs is 2. The Morgan fingerprint density at radius 1 is 0.679 bits per heavy atom. The van der Waals surface area contributed by atoms with E-state index in [1.54, 1.807) is 84.9 Å². The Balaban J connectivity index is 1.36. The van der Waals surface area contributed by atoms with Crippen molar-refractivity contribution in [2.24, 2.45) is 0 Å². The molecule has 0 radical (unpaired) electrons. The first-order chi connectivity index (χ1) is 25.5. The van der Waals surface area contributed by atoms with Crippen LogP contribution in [0.4, 0.5) is 24.5 Å². The van der Waals surface area contributed by atoms with E-state index in [0.29, 0.717) is 10.6 Å². The summed E-state index contributed by atoms with van der Waals surface area (Å²) in [5.74, 6) is -2.32. The fraction of sp³-hybridized carbons (Fsp3) is 0.154. The highest BCUT2D eigenvalue weighted by molar-refractivity contribution is 7.99. The Bertz CT molecular complexity index is 2160. The number of carbonyl (C=O) groups is 3. The molecule has 7 rings (SSSR count).